The van der Waals surface area contributed by atoms with Gasteiger partial charge in [-0.3, -0.25) is 4.79 Å². The number of hydrogen-bond donors (Lipinski definition) is 2. The first-order valence-electron chi connectivity index (χ1n) is 6.64. The lowest BCUT2D eigenvalue weighted by atomic mass is 10.2. The van der Waals surface area contributed by atoms with Crippen LogP contribution in [0.3, 0.4) is 0 Å². The van der Waals surface area contributed by atoms with Gasteiger partial charge in [-0.15, -0.1) is 0 Å². The molecule has 0 aliphatic carbocycles. The Labute approximate surface area is 130 Å². The molecule has 1 saturated heterocycles. The van der Waals surface area contributed by atoms with E-state index in [4.69, 9.17) is 5.73 Å². The molecule has 1 aromatic carbocycles. The van der Waals surface area contributed by atoms with Crippen LogP contribution in [0.5, 0.6) is 0 Å². The lowest BCUT2D eigenvalue weighted by Gasteiger charge is -2.20. The van der Waals surface area contributed by atoms with Gasteiger partial charge in [-0.1, -0.05) is 15.9 Å². The van der Waals surface area contributed by atoms with Crippen molar-refractivity contribution in [3.05, 3.63) is 39.5 Å². The predicted molar refractivity (Wildman–Crippen MR) is 86.2 cm³/mol. The highest BCUT2D eigenvalue weighted by Gasteiger charge is 2.35. The molecule has 1 aromatic rings. The van der Waals surface area contributed by atoms with E-state index in [9.17, 15) is 4.79 Å². The minimum Gasteiger partial charge on any atom is -0.365 e. The number of hydrogen-bond acceptors (Lipinski definition) is 5. The highest BCUT2D eigenvalue weighted by Crippen LogP contribution is 2.37. The highest BCUT2D eigenvalue weighted by molar-refractivity contribution is 9.10. The molecule has 1 fully saturated rings. The van der Waals surface area contributed by atoms with Crippen molar-refractivity contribution in [3.8, 4) is 0 Å². The normalized spacial score (nSPS) is 22.8. The van der Waals surface area contributed by atoms with Gasteiger partial charge < -0.3 is 16.0 Å². The van der Waals surface area contributed by atoms with Crippen LogP contribution in [0.15, 0.2) is 39.5 Å². The van der Waals surface area contributed by atoms with E-state index < -0.39 is 6.04 Å². The van der Waals surface area contributed by atoms with Gasteiger partial charge in [0, 0.05) is 23.2 Å². The van der Waals surface area contributed by atoms with Crippen molar-refractivity contribution in [1.82, 2.24) is 4.90 Å². The van der Waals surface area contributed by atoms with E-state index in [1.54, 1.807) is 0 Å². The first-order valence-corrected chi connectivity index (χ1v) is 8.25. The molecule has 1 atom stereocenters. The second-order valence-electron chi connectivity index (χ2n) is 4.94. The zero-order chi connectivity index (χ0) is 14.1. The van der Waals surface area contributed by atoms with Gasteiger partial charge >= 0.3 is 0 Å². The number of nitrogens with one attached hydrogen (secondary N) is 1. The van der Waals surface area contributed by atoms with E-state index in [1.807, 2.05) is 24.3 Å². The molecule has 0 saturated carbocycles. The molecule has 2 heterocycles. The maximum atomic E-state index is 11.9. The Bertz CT molecular complexity index is 552. The third kappa shape index (κ3) is 2.73. The van der Waals surface area contributed by atoms with Gasteiger partial charge in [0.05, 0.1) is 5.70 Å². The Hall–Kier alpha value is -0.980. The number of nitrogens with two attached hydrogens (primary N) is 1. The van der Waals surface area contributed by atoms with Crippen molar-refractivity contribution in [2.75, 3.05) is 18.4 Å². The van der Waals surface area contributed by atoms with Crippen molar-refractivity contribution < 1.29 is 4.79 Å². The number of likely N-dealkylation sites (tertiary alicyclic amines) is 1. The number of nitrogens with zero attached hydrogens (tertiary/aromatic N) is 1. The van der Waals surface area contributed by atoms with E-state index in [-0.39, 0.29) is 5.12 Å². The largest absolute Gasteiger partial charge is 0.365 e. The molecule has 4 nitrogen and oxygen atoms in total. The van der Waals surface area contributed by atoms with Crippen molar-refractivity contribution in [2.24, 2.45) is 5.73 Å². The average molecular weight is 354 g/mol. The Morgan fingerprint density at radius 3 is 2.55 bits per heavy atom. The summed E-state index contributed by atoms with van der Waals surface area (Å²) in [7, 11) is 0. The molecule has 1 unspecified atom stereocenters. The van der Waals surface area contributed by atoms with Crippen LogP contribution < -0.4 is 11.1 Å². The molecule has 106 valence electrons. The number of thioether (sulfide) groups is 1. The fourth-order valence-corrected chi connectivity index (χ4v) is 3.74. The maximum absolute atomic E-state index is 11.9. The molecule has 0 spiro atoms. The third-order valence-corrected chi connectivity index (χ3v) is 5.16. The SMILES string of the molecule is NC1C(=O)SC(N2CCCC2)=C1Nc1ccc(Br)cc1. The van der Waals surface area contributed by atoms with E-state index in [0.29, 0.717) is 0 Å². The predicted octanol–water partition coefficient (Wildman–Crippen LogP) is 2.73. The summed E-state index contributed by atoms with van der Waals surface area (Å²) in [6.45, 7) is 2.02. The number of halogens is 1. The lowest BCUT2D eigenvalue weighted by Crippen LogP contribution is -2.31. The molecular formula is C14H16BrN3OS. The van der Waals surface area contributed by atoms with E-state index >= 15 is 0 Å². The van der Waals surface area contributed by atoms with Crippen molar-refractivity contribution >= 4 is 38.5 Å². The van der Waals surface area contributed by atoms with Crippen molar-refractivity contribution in [1.29, 1.82) is 0 Å². The Kier molecular flexibility index (Phi) is 4.05. The van der Waals surface area contributed by atoms with Crippen LogP contribution in [0.25, 0.3) is 0 Å². The van der Waals surface area contributed by atoms with E-state index in [0.717, 1.165) is 34.0 Å². The van der Waals surface area contributed by atoms with Gasteiger partial charge in [0.1, 0.15) is 11.1 Å². The smallest absolute Gasteiger partial charge is 0.217 e. The zero-order valence-corrected chi connectivity index (χ0v) is 13.3. The summed E-state index contributed by atoms with van der Waals surface area (Å²) in [5.41, 5.74) is 7.82. The summed E-state index contributed by atoms with van der Waals surface area (Å²) in [4.78, 5) is 14.2. The quantitative estimate of drug-likeness (QED) is 0.874. The van der Waals surface area contributed by atoms with Crippen LogP contribution in [0.4, 0.5) is 5.69 Å². The third-order valence-electron chi connectivity index (χ3n) is 3.51. The zero-order valence-electron chi connectivity index (χ0n) is 10.9. The van der Waals surface area contributed by atoms with Crippen LogP contribution in [0, 0.1) is 0 Å². The lowest BCUT2D eigenvalue weighted by molar-refractivity contribution is -0.111. The molecule has 3 N–H and O–H groups in total. The second-order valence-corrected chi connectivity index (χ2v) is 6.85. The summed E-state index contributed by atoms with van der Waals surface area (Å²) in [5.74, 6) is 0. The van der Waals surface area contributed by atoms with E-state index in [2.05, 4.69) is 26.1 Å². The first kappa shape index (κ1) is 14.0. The summed E-state index contributed by atoms with van der Waals surface area (Å²) >= 11 is 4.69. The fraction of sp³-hybridized carbons (Fsp3) is 0.357. The second kappa shape index (κ2) is 5.79. The van der Waals surface area contributed by atoms with Crippen LogP contribution in [0.1, 0.15) is 12.8 Å². The molecule has 2 aliphatic rings. The van der Waals surface area contributed by atoms with Crippen molar-refractivity contribution in [3.63, 3.8) is 0 Å². The standard InChI is InChI=1S/C14H16BrN3OS/c15-9-3-5-10(6-4-9)17-12-11(16)14(19)20-13(12)18-7-1-2-8-18/h3-6,11,17H,1-2,7-8,16H2. The van der Waals surface area contributed by atoms with Crippen LogP contribution in [-0.4, -0.2) is 29.1 Å². The molecule has 0 amide bonds. The van der Waals surface area contributed by atoms with Crippen molar-refractivity contribution in [2.45, 2.75) is 18.9 Å². The van der Waals surface area contributed by atoms with Gasteiger partial charge in [0.25, 0.3) is 0 Å². The molecule has 20 heavy (non-hydrogen) atoms. The van der Waals surface area contributed by atoms with E-state index in [1.165, 1.54) is 24.6 Å². The van der Waals surface area contributed by atoms with Gasteiger partial charge in [-0.05, 0) is 48.9 Å². The van der Waals surface area contributed by atoms with Gasteiger partial charge in [-0.25, -0.2) is 0 Å². The van der Waals surface area contributed by atoms with Gasteiger partial charge in [0.15, 0.2) is 0 Å². The minimum absolute atomic E-state index is 0.0199. The molecule has 2 aliphatic heterocycles. The maximum Gasteiger partial charge on any atom is 0.217 e. The Morgan fingerprint density at radius 1 is 1.25 bits per heavy atom. The number of benzene rings is 1. The number of anilines is 1. The highest BCUT2D eigenvalue weighted by atomic mass is 79.9. The Balaban J connectivity index is 1.87. The summed E-state index contributed by atoms with van der Waals surface area (Å²) < 4.78 is 1.03. The number of carbonyl (C=O) groups is 1. The molecular weight excluding hydrogens is 338 g/mol. The topological polar surface area (TPSA) is 58.4 Å². The van der Waals surface area contributed by atoms with Crippen LogP contribution in [-0.2, 0) is 4.79 Å². The van der Waals surface area contributed by atoms with Crippen LogP contribution >= 0.6 is 27.7 Å². The number of rotatable bonds is 3. The summed E-state index contributed by atoms with van der Waals surface area (Å²) in [6, 6.07) is 7.32. The number of carbonyl (C=O) groups excluding carboxylic acids is 1. The van der Waals surface area contributed by atoms with Gasteiger partial charge in [0.2, 0.25) is 5.12 Å². The monoisotopic (exact) mass is 353 g/mol. The average Bonchev–Trinajstić information content (AvgIpc) is 3.05. The molecule has 0 radical (unpaired) electrons. The fourth-order valence-electron chi connectivity index (χ4n) is 2.44. The molecule has 0 aromatic heterocycles. The summed E-state index contributed by atoms with van der Waals surface area (Å²) in [6.07, 6.45) is 2.36. The van der Waals surface area contributed by atoms with Gasteiger partial charge in [-0.2, -0.15) is 0 Å². The first-order chi connectivity index (χ1) is 9.65. The Morgan fingerprint density at radius 2 is 1.90 bits per heavy atom. The summed E-state index contributed by atoms with van der Waals surface area (Å²) in [5, 5.41) is 4.35. The molecule has 3 rings (SSSR count). The van der Waals surface area contributed by atoms with Crippen LogP contribution in [0.2, 0.25) is 0 Å². The molecule has 6 heteroatoms. The minimum atomic E-state index is -0.556. The molecule has 0 bridgehead atoms.